The number of aromatic nitrogens is 2. The molecule has 1 saturated heterocycles. The number of aryl methyl sites for hydroxylation is 1. The number of rotatable bonds is 7. The Morgan fingerprint density at radius 2 is 1.84 bits per heavy atom. The molecule has 2 atom stereocenters. The number of carbonyl (C=O) groups excluding carboxylic acids is 1. The van der Waals surface area contributed by atoms with E-state index >= 15 is 0 Å². The third-order valence-electron chi connectivity index (χ3n) is 6.68. The van der Waals surface area contributed by atoms with Crippen LogP contribution in [-0.4, -0.2) is 34.3 Å². The van der Waals surface area contributed by atoms with Crippen LogP contribution in [0.1, 0.15) is 34.7 Å². The summed E-state index contributed by atoms with van der Waals surface area (Å²) >= 11 is 12.5. The van der Waals surface area contributed by atoms with Gasteiger partial charge in [-0.15, -0.1) is 0 Å². The fourth-order valence-electron chi connectivity index (χ4n) is 5.08. The lowest BCUT2D eigenvalue weighted by Crippen LogP contribution is -2.29. The molecule has 1 aliphatic heterocycles. The van der Waals surface area contributed by atoms with Gasteiger partial charge in [-0.2, -0.15) is 0 Å². The Bertz CT molecular complexity index is 1480. The number of anilines is 2. The van der Waals surface area contributed by atoms with E-state index in [9.17, 15) is 4.79 Å². The van der Waals surface area contributed by atoms with Crippen molar-refractivity contribution in [1.82, 2.24) is 14.9 Å². The molecule has 0 aliphatic carbocycles. The first-order chi connectivity index (χ1) is 18.4. The summed E-state index contributed by atoms with van der Waals surface area (Å²) in [4.78, 5) is 18.8. The number of para-hydroxylation sites is 1. The van der Waals surface area contributed by atoms with Crippen LogP contribution in [0, 0.1) is 13.8 Å². The summed E-state index contributed by atoms with van der Waals surface area (Å²) in [5, 5.41) is 7.26. The number of ether oxygens (including phenoxy) is 1. The standard InChI is InChI=1S/C29H28ClN5O2S/c1-18-15-22(19(2)34(18)20-9-5-4-6-10-20)28-27(25-11-7-8-14-31-25)33-29(38)35(28)21-12-13-24(23(30)16-21)32-26(36)17-37-3/h4-16,27-28H,17H2,1-3H3,(H,32,36)(H,33,38)/t27-,28-/m1/s1. The van der Waals surface area contributed by atoms with E-state index < -0.39 is 0 Å². The fourth-order valence-corrected chi connectivity index (χ4v) is 5.65. The van der Waals surface area contributed by atoms with E-state index in [1.54, 1.807) is 12.3 Å². The fraction of sp³-hybridized carbons (Fsp3) is 0.207. The van der Waals surface area contributed by atoms with E-state index in [-0.39, 0.29) is 24.6 Å². The van der Waals surface area contributed by atoms with Crippen molar-refractivity contribution < 1.29 is 9.53 Å². The van der Waals surface area contributed by atoms with Gasteiger partial charge < -0.3 is 24.8 Å². The number of halogens is 1. The molecule has 4 aromatic rings. The number of hydrogen-bond donors (Lipinski definition) is 2. The van der Waals surface area contributed by atoms with Crippen LogP contribution in [0.3, 0.4) is 0 Å². The van der Waals surface area contributed by atoms with E-state index in [1.807, 2.05) is 48.5 Å². The Labute approximate surface area is 232 Å². The predicted molar refractivity (Wildman–Crippen MR) is 155 cm³/mol. The second-order valence-electron chi connectivity index (χ2n) is 9.14. The van der Waals surface area contributed by atoms with Gasteiger partial charge in [0.25, 0.3) is 0 Å². The zero-order valence-electron chi connectivity index (χ0n) is 21.3. The second-order valence-corrected chi connectivity index (χ2v) is 9.93. The monoisotopic (exact) mass is 545 g/mol. The highest BCUT2D eigenvalue weighted by Crippen LogP contribution is 2.44. The van der Waals surface area contributed by atoms with E-state index in [4.69, 9.17) is 28.6 Å². The highest BCUT2D eigenvalue weighted by molar-refractivity contribution is 7.80. The zero-order chi connectivity index (χ0) is 26.8. The van der Waals surface area contributed by atoms with Gasteiger partial charge in [-0.3, -0.25) is 9.78 Å². The van der Waals surface area contributed by atoms with Crippen molar-refractivity contribution in [1.29, 1.82) is 0 Å². The number of benzene rings is 2. The molecular formula is C29H28ClN5O2S. The summed E-state index contributed by atoms with van der Waals surface area (Å²) in [5.41, 5.74) is 6.67. The predicted octanol–water partition coefficient (Wildman–Crippen LogP) is 5.90. The van der Waals surface area contributed by atoms with Gasteiger partial charge in [0.05, 0.1) is 28.5 Å². The number of hydrogen-bond acceptors (Lipinski definition) is 4. The molecule has 7 nitrogen and oxygen atoms in total. The van der Waals surface area contributed by atoms with Gasteiger partial charge >= 0.3 is 0 Å². The number of nitrogens with zero attached hydrogens (tertiary/aromatic N) is 3. The maximum absolute atomic E-state index is 12.0. The highest BCUT2D eigenvalue weighted by atomic mass is 35.5. The maximum atomic E-state index is 12.0. The third-order valence-corrected chi connectivity index (χ3v) is 7.31. The first kappa shape index (κ1) is 25.9. The number of nitrogens with one attached hydrogen (secondary N) is 2. The molecule has 2 aromatic heterocycles. The average molecular weight is 546 g/mol. The second kappa shape index (κ2) is 10.9. The average Bonchev–Trinajstić information content (AvgIpc) is 3.41. The molecule has 3 heterocycles. The van der Waals surface area contributed by atoms with Gasteiger partial charge in [0.15, 0.2) is 5.11 Å². The molecule has 1 amide bonds. The topological polar surface area (TPSA) is 71.4 Å². The van der Waals surface area contributed by atoms with Gasteiger partial charge in [0.1, 0.15) is 6.61 Å². The lowest BCUT2D eigenvalue weighted by molar-refractivity contribution is -0.119. The van der Waals surface area contributed by atoms with E-state index in [2.05, 4.69) is 57.1 Å². The number of carbonyl (C=O) groups is 1. The van der Waals surface area contributed by atoms with Gasteiger partial charge in [-0.1, -0.05) is 35.9 Å². The van der Waals surface area contributed by atoms with Crippen LogP contribution in [0.2, 0.25) is 5.02 Å². The quantitative estimate of drug-likeness (QED) is 0.282. The molecule has 9 heteroatoms. The minimum Gasteiger partial charge on any atom is -0.375 e. The Morgan fingerprint density at radius 3 is 2.53 bits per heavy atom. The Morgan fingerprint density at radius 1 is 1.08 bits per heavy atom. The molecule has 1 aliphatic rings. The number of thiocarbonyl (C=S) groups is 1. The van der Waals surface area contributed by atoms with E-state index in [0.29, 0.717) is 15.8 Å². The van der Waals surface area contributed by atoms with Crippen LogP contribution in [0.25, 0.3) is 5.69 Å². The van der Waals surface area contributed by atoms with Crippen molar-refractivity contribution in [2.24, 2.45) is 0 Å². The molecule has 194 valence electrons. The van der Waals surface area contributed by atoms with Crippen molar-refractivity contribution in [3.8, 4) is 5.69 Å². The molecule has 0 saturated carbocycles. The molecular weight excluding hydrogens is 518 g/mol. The molecule has 0 unspecified atom stereocenters. The molecule has 38 heavy (non-hydrogen) atoms. The molecule has 2 aromatic carbocycles. The number of pyridine rings is 1. The molecule has 2 N–H and O–H groups in total. The summed E-state index contributed by atoms with van der Waals surface area (Å²) in [7, 11) is 1.47. The molecule has 0 bridgehead atoms. The van der Waals surface area contributed by atoms with Crippen LogP contribution in [0.15, 0.2) is 79.0 Å². The van der Waals surface area contributed by atoms with Crippen LogP contribution in [0.4, 0.5) is 11.4 Å². The lowest BCUT2D eigenvalue weighted by Gasteiger charge is -2.28. The summed E-state index contributed by atoms with van der Waals surface area (Å²) in [6, 6.07) is 23.5. The largest absolute Gasteiger partial charge is 0.375 e. The first-order valence-electron chi connectivity index (χ1n) is 12.2. The molecule has 5 rings (SSSR count). The minimum absolute atomic E-state index is 0.0525. The zero-order valence-corrected chi connectivity index (χ0v) is 22.9. The van der Waals surface area contributed by atoms with Crippen LogP contribution in [-0.2, 0) is 9.53 Å². The van der Waals surface area contributed by atoms with Gasteiger partial charge in [-0.25, -0.2) is 0 Å². The van der Waals surface area contributed by atoms with Crippen LogP contribution in [0.5, 0.6) is 0 Å². The van der Waals surface area contributed by atoms with Crippen LogP contribution < -0.4 is 15.5 Å². The van der Waals surface area contributed by atoms with Crippen molar-refractivity contribution in [2.75, 3.05) is 23.9 Å². The highest BCUT2D eigenvalue weighted by Gasteiger charge is 2.42. The van der Waals surface area contributed by atoms with Crippen molar-refractivity contribution in [3.63, 3.8) is 0 Å². The summed E-state index contributed by atoms with van der Waals surface area (Å²) in [6.07, 6.45) is 1.79. The Kier molecular flexibility index (Phi) is 7.46. The SMILES string of the molecule is COCC(=O)Nc1ccc(N2C(=S)N[C@H](c3ccccn3)[C@H]2c2cc(C)n(-c3ccccc3)c2C)cc1Cl. The Balaban J connectivity index is 1.60. The smallest absolute Gasteiger partial charge is 0.250 e. The minimum atomic E-state index is -0.276. The van der Waals surface area contributed by atoms with Crippen LogP contribution >= 0.6 is 23.8 Å². The molecule has 1 fully saturated rings. The van der Waals surface area contributed by atoms with Gasteiger partial charge in [0, 0.05) is 36.1 Å². The summed E-state index contributed by atoms with van der Waals surface area (Å²) in [5.74, 6) is -0.276. The third kappa shape index (κ3) is 4.90. The lowest BCUT2D eigenvalue weighted by atomic mass is 9.96. The van der Waals surface area contributed by atoms with Gasteiger partial charge in [0.2, 0.25) is 5.91 Å². The number of amides is 1. The maximum Gasteiger partial charge on any atom is 0.250 e. The first-order valence-corrected chi connectivity index (χ1v) is 13.0. The number of methoxy groups -OCH3 is 1. The summed E-state index contributed by atoms with van der Waals surface area (Å²) < 4.78 is 7.17. The van der Waals surface area contributed by atoms with Gasteiger partial charge in [-0.05, 0) is 80.2 Å². The van der Waals surface area contributed by atoms with E-state index in [0.717, 1.165) is 34.0 Å². The summed E-state index contributed by atoms with van der Waals surface area (Å²) in [6.45, 7) is 4.19. The van der Waals surface area contributed by atoms with Crippen molar-refractivity contribution in [2.45, 2.75) is 25.9 Å². The normalized spacial score (nSPS) is 16.9. The molecule has 0 radical (unpaired) electrons. The Hall–Kier alpha value is -3.72. The van der Waals surface area contributed by atoms with Crippen molar-refractivity contribution >= 4 is 46.2 Å². The molecule has 0 spiro atoms. The van der Waals surface area contributed by atoms with Crippen molar-refractivity contribution in [3.05, 3.63) is 107 Å². The van der Waals surface area contributed by atoms with E-state index in [1.165, 1.54) is 7.11 Å².